The molecular formula is C15H26N2O2S2. The first kappa shape index (κ1) is 16.9. The minimum atomic E-state index is -3.37. The Morgan fingerprint density at radius 3 is 2.90 bits per heavy atom. The van der Waals surface area contributed by atoms with E-state index in [1.165, 1.54) is 24.2 Å². The molecule has 2 atom stereocenters. The molecule has 0 aliphatic heterocycles. The smallest absolute Gasteiger partial charge is 0.241 e. The summed E-state index contributed by atoms with van der Waals surface area (Å²) in [4.78, 5) is 1.33. The maximum absolute atomic E-state index is 12.5. The van der Waals surface area contributed by atoms with Gasteiger partial charge in [-0.25, -0.2) is 13.1 Å². The summed E-state index contributed by atoms with van der Waals surface area (Å²) in [5.74, 6) is 1.21. The van der Waals surface area contributed by atoms with E-state index in [0.717, 1.165) is 30.2 Å². The summed E-state index contributed by atoms with van der Waals surface area (Å²) in [6.07, 6.45) is 4.77. The molecule has 21 heavy (non-hydrogen) atoms. The topological polar surface area (TPSA) is 58.2 Å². The summed E-state index contributed by atoms with van der Waals surface area (Å²) in [5, 5.41) is 5.04. The van der Waals surface area contributed by atoms with E-state index in [9.17, 15) is 8.42 Å². The number of hydrogen-bond acceptors (Lipinski definition) is 4. The molecule has 0 amide bonds. The fourth-order valence-corrected chi connectivity index (χ4v) is 5.51. The van der Waals surface area contributed by atoms with Crippen molar-refractivity contribution in [2.24, 2.45) is 11.8 Å². The van der Waals surface area contributed by atoms with E-state index in [0.29, 0.717) is 23.9 Å². The van der Waals surface area contributed by atoms with Gasteiger partial charge in [-0.15, -0.1) is 11.3 Å². The Labute approximate surface area is 132 Å². The first-order chi connectivity index (χ1) is 10.0. The van der Waals surface area contributed by atoms with Crippen molar-refractivity contribution in [2.45, 2.75) is 51.0 Å². The predicted octanol–water partition coefficient (Wildman–Crippen LogP) is 2.96. The molecule has 1 saturated carbocycles. The third-order valence-electron chi connectivity index (χ3n) is 4.14. The lowest BCUT2D eigenvalue weighted by molar-refractivity contribution is 0.283. The first-order valence-corrected chi connectivity index (χ1v) is 10.2. The second kappa shape index (κ2) is 7.72. The molecule has 2 unspecified atom stereocenters. The van der Waals surface area contributed by atoms with Gasteiger partial charge in [0.15, 0.2) is 0 Å². The van der Waals surface area contributed by atoms with Crippen LogP contribution in [0.1, 0.15) is 44.4 Å². The Balaban J connectivity index is 1.96. The Hall–Kier alpha value is -0.430. The quantitative estimate of drug-likeness (QED) is 0.808. The number of hydrogen-bond donors (Lipinski definition) is 2. The number of sulfonamides is 1. The standard InChI is InChI=1S/C15H26N2O2S2/c1-3-16-11-14-15(7-8-20-14)21(18,19)17-10-13-6-4-5-12(2)9-13/h7-8,12-13,16-17H,3-6,9-11H2,1-2H3. The molecule has 1 aromatic heterocycles. The molecule has 120 valence electrons. The van der Waals surface area contributed by atoms with Crippen LogP contribution in [0, 0.1) is 11.8 Å². The van der Waals surface area contributed by atoms with Crippen molar-refractivity contribution in [1.82, 2.24) is 10.0 Å². The normalized spacial score (nSPS) is 23.3. The van der Waals surface area contributed by atoms with E-state index in [4.69, 9.17) is 0 Å². The van der Waals surface area contributed by atoms with Gasteiger partial charge in [0.1, 0.15) is 0 Å². The Morgan fingerprint density at radius 2 is 2.19 bits per heavy atom. The highest BCUT2D eigenvalue weighted by Crippen LogP contribution is 2.28. The molecule has 2 rings (SSSR count). The lowest BCUT2D eigenvalue weighted by atomic mass is 9.83. The molecule has 0 saturated heterocycles. The minimum Gasteiger partial charge on any atom is -0.312 e. The number of rotatable bonds is 7. The second-order valence-electron chi connectivity index (χ2n) is 5.98. The number of nitrogens with one attached hydrogen (secondary N) is 2. The van der Waals surface area contributed by atoms with Crippen molar-refractivity contribution >= 4 is 21.4 Å². The van der Waals surface area contributed by atoms with Gasteiger partial charge in [0.05, 0.1) is 4.90 Å². The Bertz CT molecular complexity index is 540. The van der Waals surface area contributed by atoms with Crippen molar-refractivity contribution in [2.75, 3.05) is 13.1 Å². The summed E-state index contributed by atoms with van der Waals surface area (Å²) in [7, 11) is -3.37. The van der Waals surface area contributed by atoms with Crippen molar-refractivity contribution in [3.63, 3.8) is 0 Å². The van der Waals surface area contributed by atoms with E-state index in [1.54, 1.807) is 6.07 Å². The van der Waals surface area contributed by atoms with Gasteiger partial charge in [-0.1, -0.05) is 26.7 Å². The van der Waals surface area contributed by atoms with Crippen molar-refractivity contribution in [1.29, 1.82) is 0 Å². The molecule has 6 heteroatoms. The summed E-state index contributed by atoms with van der Waals surface area (Å²) < 4.78 is 27.8. The number of thiophene rings is 1. The molecule has 1 aromatic rings. The highest BCUT2D eigenvalue weighted by Gasteiger charge is 2.23. The predicted molar refractivity (Wildman–Crippen MR) is 88.0 cm³/mol. The van der Waals surface area contributed by atoms with Gasteiger partial charge >= 0.3 is 0 Å². The van der Waals surface area contributed by atoms with E-state index in [-0.39, 0.29) is 0 Å². The Morgan fingerprint density at radius 1 is 1.38 bits per heavy atom. The summed E-state index contributed by atoms with van der Waals surface area (Å²) in [6.45, 7) is 6.30. The van der Waals surface area contributed by atoms with E-state index in [2.05, 4.69) is 17.0 Å². The van der Waals surface area contributed by atoms with Gasteiger partial charge < -0.3 is 5.32 Å². The third-order valence-corrected chi connectivity index (χ3v) is 6.70. The van der Waals surface area contributed by atoms with Crippen LogP contribution in [0.15, 0.2) is 16.3 Å². The van der Waals surface area contributed by atoms with E-state index < -0.39 is 10.0 Å². The second-order valence-corrected chi connectivity index (χ2v) is 8.71. The van der Waals surface area contributed by atoms with E-state index >= 15 is 0 Å². The van der Waals surface area contributed by atoms with Gasteiger partial charge in [-0.2, -0.15) is 0 Å². The van der Waals surface area contributed by atoms with Crippen molar-refractivity contribution in [3.8, 4) is 0 Å². The highest BCUT2D eigenvalue weighted by atomic mass is 32.2. The summed E-state index contributed by atoms with van der Waals surface area (Å²) in [6, 6.07) is 1.71. The minimum absolute atomic E-state index is 0.442. The zero-order valence-corrected chi connectivity index (χ0v) is 14.5. The SMILES string of the molecule is CCNCc1sccc1S(=O)(=O)NCC1CCCC(C)C1. The van der Waals surface area contributed by atoms with Crippen LogP contribution in [0.3, 0.4) is 0 Å². The zero-order valence-electron chi connectivity index (χ0n) is 12.9. The highest BCUT2D eigenvalue weighted by molar-refractivity contribution is 7.89. The van der Waals surface area contributed by atoms with Gasteiger partial charge in [0.2, 0.25) is 10.0 Å². The average Bonchev–Trinajstić information content (AvgIpc) is 2.92. The molecule has 1 heterocycles. The maximum Gasteiger partial charge on any atom is 0.241 e. The molecular weight excluding hydrogens is 304 g/mol. The molecule has 1 fully saturated rings. The van der Waals surface area contributed by atoms with Gasteiger partial charge in [0, 0.05) is 18.0 Å². The molecule has 2 N–H and O–H groups in total. The maximum atomic E-state index is 12.5. The van der Waals surface area contributed by atoms with Crippen LogP contribution >= 0.6 is 11.3 Å². The Kier molecular flexibility index (Phi) is 6.22. The average molecular weight is 331 g/mol. The van der Waals surface area contributed by atoms with Crippen LogP contribution in [0.4, 0.5) is 0 Å². The van der Waals surface area contributed by atoms with Crippen LogP contribution in [0.2, 0.25) is 0 Å². The van der Waals surface area contributed by atoms with Crippen LogP contribution < -0.4 is 10.0 Å². The van der Waals surface area contributed by atoms with Crippen LogP contribution in [0.5, 0.6) is 0 Å². The van der Waals surface area contributed by atoms with Crippen LogP contribution in [0.25, 0.3) is 0 Å². The molecule has 4 nitrogen and oxygen atoms in total. The third kappa shape index (κ3) is 4.77. The molecule has 1 aliphatic carbocycles. The van der Waals surface area contributed by atoms with Crippen molar-refractivity contribution in [3.05, 3.63) is 16.3 Å². The first-order valence-electron chi connectivity index (χ1n) is 7.79. The van der Waals surface area contributed by atoms with E-state index in [1.807, 2.05) is 12.3 Å². The fourth-order valence-electron chi connectivity index (χ4n) is 2.99. The molecule has 0 bridgehead atoms. The molecule has 0 radical (unpaired) electrons. The van der Waals surface area contributed by atoms with Gasteiger partial charge in [-0.05, 0) is 42.7 Å². The molecule has 0 spiro atoms. The van der Waals surface area contributed by atoms with Gasteiger partial charge in [-0.3, -0.25) is 0 Å². The summed E-state index contributed by atoms with van der Waals surface area (Å²) >= 11 is 1.50. The lowest BCUT2D eigenvalue weighted by Crippen LogP contribution is -2.32. The molecule has 1 aliphatic rings. The largest absolute Gasteiger partial charge is 0.312 e. The van der Waals surface area contributed by atoms with Crippen LogP contribution in [-0.2, 0) is 16.6 Å². The van der Waals surface area contributed by atoms with Crippen LogP contribution in [-0.4, -0.2) is 21.5 Å². The van der Waals surface area contributed by atoms with Gasteiger partial charge in [0.25, 0.3) is 0 Å². The fraction of sp³-hybridized carbons (Fsp3) is 0.733. The summed E-state index contributed by atoms with van der Waals surface area (Å²) in [5.41, 5.74) is 0. The molecule has 0 aromatic carbocycles. The monoisotopic (exact) mass is 330 g/mol. The lowest BCUT2D eigenvalue weighted by Gasteiger charge is -2.26. The van der Waals surface area contributed by atoms with Crippen molar-refractivity contribution < 1.29 is 8.42 Å². The zero-order chi connectivity index (χ0) is 15.3.